The Balaban J connectivity index is 1.60. The summed E-state index contributed by atoms with van der Waals surface area (Å²) in [5.74, 6) is -0.946. The van der Waals surface area contributed by atoms with Gasteiger partial charge in [0, 0.05) is 42.9 Å². The second-order valence-electron chi connectivity index (χ2n) is 8.38. The van der Waals surface area contributed by atoms with Crippen molar-refractivity contribution < 1.29 is 18.7 Å². The summed E-state index contributed by atoms with van der Waals surface area (Å²) in [6.07, 6.45) is 2.29. The van der Waals surface area contributed by atoms with E-state index < -0.39 is 5.79 Å². The maximum atomic E-state index is 13.6. The number of carbonyl (C=O) groups is 1. The SMILES string of the molecule is CC(=O)N1CCn2nc(-c3ccc(F)cc3)c(-c3ccnc(CC4(C)OCCO4)c3)c2C1. The van der Waals surface area contributed by atoms with Crippen LogP contribution in [0, 0.1) is 5.82 Å². The Labute approximate surface area is 185 Å². The third-order valence-corrected chi connectivity index (χ3v) is 6.05. The Morgan fingerprint density at radius 1 is 1.12 bits per heavy atom. The molecule has 2 aromatic heterocycles. The molecule has 0 N–H and O–H groups in total. The predicted molar refractivity (Wildman–Crippen MR) is 116 cm³/mol. The number of carbonyl (C=O) groups excluding carboxylic acids is 1. The molecule has 1 fully saturated rings. The molecule has 1 amide bonds. The molecule has 2 aliphatic rings. The van der Waals surface area contributed by atoms with Gasteiger partial charge in [0.05, 0.1) is 32.0 Å². The first-order valence-corrected chi connectivity index (χ1v) is 10.8. The van der Waals surface area contributed by atoms with Crippen LogP contribution >= 0.6 is 0 Å². The van der Waals surface area contributed by atoms with E-state index in [9.17, 15) is 9.18 Å². The van der Waals surface area contributed by atoms with Crippen molar-refractivity contribution in [2.24, 2.45) is 0 Å². The Kier molecular flexibility index (Phi) is 5.27. The molecule has 1 aromatic carbocycles. The van der Waals surface area contributed by atoms with E-state index in [-0.39, 0.29) is 11.7 Å². The fourth-order valence-corrected chi connectivity index (χ4v) is 4.42. The van der Waals surface area contributed by atoms with E-state index in [1.54, 1.807) is 25.3 Å². The monoisotopic (exact) mass is 436 g/mol. The van der Waals surface area contributed by atoms with Crippen molar-refractivity contribution in [3.8, 4) is 22.4 Å². The lowest BCUT2D eigenvalue weighted by Crippen LogP contribution is -2.37. The number of benzene rings is 1. The summed E-state index contributed by atoms with van der Waals surface area (Å²) < 4.78 is 27.0. The zero-order valence-electron chi connectivity index (χ0n) is 18.2. The minimum absolute atomic E-state index is 0.0330. The number of pyridine rings is 1. The number of halogens is 1. The molecule has 1 saturated heterocycles. The summed E-state index contributed by atoms with van der Waals surface area (Å²) in [5, 5.41) is 4.85. The fourth-order valence-electron chi connectivity index (χ4n) is 4.42. The maximum absolute atomic E-state index is 13.6. The van der Waals surface area contributed by atoms with Gasteiger partial charge in [-0.1, -0.05) is 0 Å². The Hall–Kier alpha value is -3.10. The van der Waals surface area contributed by atoms with Gasteiger partial charge in [-0.3, -0.25) is 14.5 Å². The summed E-state index contributed by atoms with van der Waals surface area (Å²) in [7, 11) is 0. The molecule has 166 valence electrons. The van der Waals surface area contributed by atoms with Crippen LogP contribution in [-0.4, -0.2) is 51.1 Å². The van der Waals surface area contributed by atoms with Crippen LogP contribution in [0.3, 0.4) is 0 Å². The van der Waals surface area contributed by atoms with Crippen molar-refractivity contribution >= 4 is 5.91 Å². The largest absolute Gasteiger partial charge is 0.347 e. The van der Waals surface area contributed by atoms with Crippen LogP contribution in [0.1, 0.15) is 25.2 Å². The van der Waals surface area contributed by atoms with Gasteiger partial charge in [0.25, 0.3) is 0 Å². The molecule has 0 saturated carbocycles. The molecule has 0 bridgehead atoms. The highest BCUT2D eigenvalue weighted by molar-refractivity contribution is 5.83. The molecule has 3 aromatic rings. The van der Waals surface area contributed by atoms with Crippen molar-refractivity contribution in [3.05, 3.63) is 59.8 Å². The highest BCUT2D eigenvalue weighted by atomic mass is 19.1. The van der Waals surface area contributed by atoms with Gasteiger partial charge in [0.2, 0.25) is 5.91 Å². The first kappa shape index (κ1) is 20.8. The first-order chi connectivity index (χ1) is 15.4. The van der Waals surface area contributed by atoms with E-state index in [2.05, 4.69) is 4.98 Å². The van der Waals surface area contributed by atoms with E-state index in [0.717, 1.165) is 33.8 Å². The number of nitrogens with zero attached hydrogens (tertiary/aromatic N) is 4. The normalized spacial score (nSPS) is 17.4. The molecule has 5 rings (SSSR count). The number of aromatic nitrogens is 3. The van der Waals surface area contributed by atoms with Gasteiger partial charge in [-0.25, -0.2) is 4.39 Å². The lowest BCUT2D eigenvalue weighted by Gasteiger charge is -2.27. The quantitative estimate of drug-likeness (QED) is 0.627. The number of rotatable bonds is 4. The number of ether oxygens (including phenoxy) is 2. The average molecular weight is 436 g/mol. The molecule has 32 heavy (non-hydrogen) atoms. The fraction of sp³-hybridized carbons (Fsp3) is 0.375. The minimum atomic E-state index is -0.685. The molecule has 0 radical (unpaired) electrons. The third-order valence-electron chi connectivity index (χ3n) is 6.05. The Bertz CT molecular complexity index is 1150. The number of hydrogen-bond acceptors (Lipinski definition) is 5. The summed E-state index contributed by atoms with van der Waals surface area (Å²) in [4.78, 5) is 18.4. The topological polar surface area (TPSA) is 69.5 Å². The molecule has 0 aliphatic carbocycles. The Morgan fingerprint density at radius 2 is 1.88 bits per heavy atom. The van der Waals surface area contributed by atoms with Gasteiger partial charge < -0.3 is 14.4 Å². The van der Waals surface area contributed by atoms with Crippen LogP contribution in [0.25, 0.3) is 22.4 Å². The first-order valence-electron chi connectivity index (χ1n) is 10.8. The molecule has 7 nitrogen and oxygen atoms in total. The van der Waals surface area contributed by atoms with Crippen molar-refractivity contribution in [3.63, 3.8) is 0 Å². The summed E-state index contributed by atoms with van der Waals surface area (Å²) in [6.45, 7) is 6.35. The molecular formula is C24H25FN4O3. The summed E-state index contributed by atoms with van der Waals surface area (Å²) in [5.41, 5.74) is 5.28. The second kappa shape index (κ2) is 8.11. The van der Waals surface area contributed by atoms with Gasteiger partial charge in [-0.2, -0.15) is 5.10 Å². The Morgan fingerprint density at radius 3 is 2.59 bits per heavy atom. The number of fused-ring (bicyclic) bond motifs is 1. The molecular weight excluding hydrogens is 411 g/mol. The minimum Gasteiger partial charge on any atom is -0.347 e. The predicted octanol–water partition coefficient (Wildman–Crippen LogP) is 3.42. The third kappa shape index (κ3) is 3.91. The van der Waals surface area contributed by atoms with E-state index in [4.69, 9.17) is 14.6 Å². The smallest absolute Gasteiger partial charge is 0.219 e. The van der Waals surface area contributed by atoms with Gasteiger partial charge in [0.1, 0.15) is 11.5 Å². The van der Waals surface area contributed by atoms with Crippen LogP contribution in [-0.2, 0) is 33.8 Å². The molecule has 0 atom stereocenters. The summed E-state index contributed by atoms with van der Waals surface area (Å²) >= 11 is 0. The van der Waals surface area contributed by atoms with Gasteiger partial charge in [-0.15, -0.1) is 0 Å². The van der Waals surface area contributed by atoms with Gasteiger partial charge >= 0.3 is 0 Å². The number of hydrogen-bond donors (Lipinski definition) is 0. The zero-order valence-corrected chi connectivity index (χ0v) is 18.2. The van der Waals surface area contributed by atoms with E-state index in [1.807, 2.05) is 28.6 Å². The van der Waals surface area contributed by atoms with Gasteiger partial charge in [-0.05, 0) is 48.9 Å². The average Bonchev–Trinajstić information content (AvgIpc) is 3.37. The molecule has 0 unspecified atom stereocenters. The van der Waals surface area contributed by atoms with E-state index in [0.29, 0.717) is 39.3 Å². The lowest BCUT2D eigenvalue weighted by molar-refractivity contribution is -0.140. The highest BCUT2D eigenvalue weighted by Gasteiger charge is 2.32. The highest BCUT2D eigenvalue weighted by Crippen LogP contribution is 2.37. The van der Waals surface area contributed by atoms with Crippen molar-refractivity contribution in [1.29, 1.82) is 0 Å². The maximum Gasteiger partial charge on any atom is 0.219 e. The molecule has 4 heterocycles. The van der Waals surface area contributed by atoms with Crippen LogP contribution in [0.5, 0.6) is 0 Å². The van der Waals surface area contributed by atoms with Crippen LogP contribution < -0.4 is 0 Å². The second-order valence-corrected chi connectivity index (χ2v) is 8.38. The molecule has 2 aliphatic heterocycles. The number of amides is 1. The van der Waals surface area contributed by atoms with Crippen molar-refractivity contribution in [2.45, 2.75) is 39.1 Å². The zero-order chi connectivity index (χ0) is 22.3. The van der Waals surface area contributed by atoms with E-state index in [1.165, 1.54) is 12.1 Å². The van der Waals surface area contributed by atoms with Crippen molar-refractivity contribution in [1.82, 2.24) is 19.7 Å². The van der Waals surface area contributed by atoms with Crippen LogP contribution in [0.2, 0.25) is 0 Å². The standard InChI is InChI=1S/C24H25FN4O3/c1-16(30)28-9-10-29-21(15-28)22(23(27-29)17-3-5-19(25)6-4-17)18-7-8-26-20(13-18)14-24(2)31-11-12-32-24/h3-8,13H,9-12,14-15H2,1-2H3. The van der Waals surface area contributed by atoms with Crippen molar-refractivity contribution in [2.75, 3.05) is 19.8 Å². The van der Waals surface area contributed by atoms with Crippen LogP contribution in [0.4, 0.5) is 4.39 Å². The van der Waals surface area contributed by atoms with Crippen LogP contribution in [0.15, 0.2) is 42.6 Å². The lowest BCUT2D eigenvalue weighted by atomic mass is 9.97. The molecule has 8 heteroatoms. The molecule has 0 spiro atoms. The van der Waals surface area contributed by atoms with E-state index >= 15 is 0 Å². The van der Waals surface area contributed by atoms with Gasteiger partial charge in [0.15, 0.2) is 5.79 Å². The summed E-state index contributed by atoms with van der Waals surface area (Å²) in [6, 6.07) is 10.3.